The standard InChI is InChI=1S/C24H30N5O2P/c1-6-16(10-18(31-7-2)17-8-9-19(30)29(5)11-17)22-27-21(24-12-32(24)13-24)20-23(28-22)26-15(4)14(3)25-20/h8-9,11,16,18H,6-7,10,12-13H2,1-5H3. The fourth-order valence-electron chi connectivity index (χ4n) is 4.47. The number of aryl methyl sites for hydroxylation is 3. The molecule has 8 heteroatoms. The number of rotatable bonds is 8. The van der Waals surface area contributed by atoms with Crippen molar-refractivity contribution in [2.24, 2.45) is 7.05 Å². The average molecular weight is 452 g/mol. The van der Waals surface area contributed by atoms with Crippen molar-refractivity contribution < 1.29 is 4.74 Å². The molecule has 2 fully saturated rings. The Morgan fingerprint density at radius 1 is 1.12 bits per heavy atom. The summed E-state index contributed by atoms with van der Waals surface area (Å²) in [7, 11) is 1.90. The lowest BCUT2D eigenvalue weighted by Crippen LogP contribution is -2.19. The van der Waals surface area contributed by atoms with Crippen LogP contribution in [0.25, 0.3) is 11.2 Å². The Kier molecular flexibility index (Phi) is 5.37. The maximum atomic E-state index is 11.9. The van der Waals surface area contributed by atoms with Crippen molar-refractivity contribution in [3.8, 4) is 0 Å². The highest BCUT2D eigenvalue weighted by atomic mass is 31.1. The molecule has 0 bridgehead atoms. The smallest absolute Gasteiger partial charge is 0.250 e. The second-order valence-corrected chi connectivity index (χ2v) is 11.6. The van der Waals surface area contributed by atoms with Crippen molar-refractivity contribution in [2.75, 3.05) is 18.9 Å². The molecule has 0 aromatic carbocycles. The van der Waals surface area contributed by atoms with Crippen LogP contribution in [0.1, 0.15) is 67.2 Å². The molecule has 2 unspecified atom stereocenters. The van der Waals surface area contributed by atoms with Crippen molar-refractivity contribution in [1.29, 1.82) is 0 Å². The lowest BCUT2D eigenvalue weighted by Gasteiger charge is -2.23. The van der Waals surface area contributed by atoms with E-state index < -0.39 is 0 Å². The fraction of sp³-hybridized carbons (Fsp3) is 0.542. The van der Waals surface area contributed by atoms with Crippen LogP contribution in [0, 0.1) is 13.8 Å². The van der Waals surface area contributed by atoms with Crippen molar-refractivity contribution in [1.82, 2.24) is 24.5 Å². The zero-order chi connectivity index (χ0) is 22.6. The molecule has 168 valence electrons. The Balaban J connectivity index is 1.54. The third-order valence-corrected chi connectivity index (χ3v) is 9.73. The van der Waals surface area contributed by atoms with E-state index in [1.807, 2.05) is 33.0 Å². The van der Waals surface area contributed by atoms with Crippen LogP contribution in [0.2, 0.25) is 0 Å². The number of pyridine rings is 1. The highest BCUT2D eigenvalue weighted by Gasteiger charge is 2.72. The van der Waals surface area contributed by atoms with Crippen molar-refractivity contribution in [3.63, 3.8) is 0 Å². The van der Waals surface area contributed by atoms with Crippen LogP contribution in [0.4, 0.5) is 0 Å². The first-order valence-corrected chi connectivity index (χ1v) is 13.1. The van der Waals surface area contributed by atoms with E-state index in [1.165, 1.54) is 12.3 Å². The molecular weight excluding hydrogens is 421 g/mol. The summed E-state index contributed by atoms with van der Waals surface area (Å²) in [5.74, 6) is 0.987. The second-order valence-electron chi connectivity index (χ2n) is 9.08. The largest absolute Gasteiger partial charge is 0.374 e. The molecule has 5 heterocycles. The first-order valence-electron chi connectivity index (χ1n) is 11.4. The Morgan fingerprint density at radius 3 is 2.47 bits per heavy atom. The van der Waals surface area contributed by atoms with E-state index in [-0.39, 0.29) is 30.7 Å². The molecule has 3 aromatic rings. The number of fused-ring (bicyclic) bond motifs is 2. The van der Waals surface area contributed by atoms with Gasteiger partial charge in [-0.15, -0.1) is 0 Å². The van der Waals surface area contributed by atoms with Crippen LogP contribution < -0.4 is 5.56 Å². The molecule has 2 aliphatic heterocycles. The van der Waals surface area contributed by atoms with E-state index in [1.54, 1.807) is 17.7 Å². The topological polar surface area (TPSA) is 82.8 Å². The maximum Gasteiger partial charge on any atom is 0.250 e. The molecule has 3 aromatic heterocycles. The Hall–Kier alpha value is -2.24. The summed E-state index contributed by atoms with van der Waals surface area (Å²) >= 11 is 0. The molecule has 5 rings (SSSR count). The molecule has 0 saturated carbocycles. The first-order chi connectivity index (χ1) is 15.4. The van der Waals surface area contributed by atoms with Gasteiger partial charge in [-0.25, -0.2) is 19.9 Å². The van der Waals surface area contributed by atoms with Gasteiger partial charge in [0.1, 0.15) is 11.3 Å². The van der Waals surface area contributed by atoms with Gasteiger partial charge in [-0.3, -0.25) is 4.79 Å². The summed E-state index contributed by atoms with van der Waals surface area (Å²) in [5.41, 5.74) is 5.62. The summed E-state index contributed by atoms with van der Waals surface area (Å²) in [6.07, 6.45) is 5.97. The van der Waals surface area contributed by atoms with Gasteiger partial charge in [0.15, 0.2) is 5.65 Å². The highest BCUT2D eigenvalue weighted by molar-refractivity contribution is 7.75. The Morgan fingerprint density at radius 2 is 1.84 bits per heavy atom. The summed E-state index contributed by atoms with van der Waals surface area (Å²) in [6, 6.07) is 3.48. The quantitative estimate of drug-likeness (QED) is 0.480. The molecule has 0 spiro atoms. The third kappa shape index (κ3) is 3.65. The summed E-state index contributed by atoms with van der Waals surface area (Å²) in [4.78, 5) is 31.6. The monoisotopic (exact) mass is 451 g/mol. The van der Waals surface area contributed by atoms with Gasteiger partial charge >= 0.3 is 0 Å². The number of ether oxygens (including phenoxy) is 1. The van der Waals surface area contributed by atoms with E-state index in [0.29, 0.717) is 6.61 Å². The SMILES string of the molecule is CCOC(CC(CC)c1nc(C23CP2C3)c2nc(C)c(C)nc2n1)c1ccc(=O)n(C)c1. The van der Waals surface area contributed by atoms with Gasteiger partial charge in [0.25, 0.3) is 0 Å². The second kappa shape index (κ2) is 7.96. The molecular formula is C24H30N5O2P. The van der Waals surface area contributed by atoms with Crippen molar-refractivity contribution in [2.45, 2.75) is 57.7 Å². The predicted molar refractivity (Wildman–Crippen MR) is 127 cm³/mol. The summed E-state index contributed by atoms with van der Waals surface area (Å²) in [5, 5.41) is 0.289. The number of hydrogen-bond donors (Lipinski definition) is 0. The molecule has 32 heavy (non-hydrogen) atoms. The molecule has 0 N–H and O–H groups in total. The minimum Gasteiger partial charge on any atom is -0.374 e. The van der Waals surface area contributed by atoms with E-state index >= 15 is 0 Å². The fourth-order valence-corrected chi connectivity index (χ4v) is 6.85. The van der Waals surface area contributed by atoms with Crippen LogP contribution in [0.15, 0.2) is 23.1 Å². The van der Waals surface area contributed by atoms with Gasteiger partial charge in [-0.05, 0) is 57.6 Å². The maximum absolute atomic E-state index is 11.9. The molecule has 2 saturated heterocycles. The van der Waals surface area contributed by atoms with E-state index in [4.69, 9.17) is 24.7 Å². The molecule has 2 atom stereocenters. The van der Waals surface area contributed by atoms with Gasteiger partial charge in [-0.1, -0.05) is 14.8 Å². The number of hydrogen-bond acceptors (Lipinski definition) is 6. The van der Waals surface area contributed by atoms with Gasteiger partial charge in [-0.2, -0.15) is 0 Å². The third-order valence-electron chi connectivity index (χ3n) is 6.91. The lowest BCUT2D eigenvalue weighted by molar-refractivity contribution is 0.0493. The molecule has 2 aliphatic rings. The van der Waals surface area contributed by atoms with Crippen molar-refractivity contribution in [3.05, 3.63) is 57.2 Å². The Labute approximate surface area is 189 Å². The minimum atomic E-state index is -0.123. The van der Waals surface area contributed by atoms with Crippen LogP contribution in [-0.4, -0.2) is 43.4 Å². The first kappa shape index (κ1) is 21.6. The van der Waals surface area contributed by atoms with Crippen molar-refractivity contribution >= 4 is 19.1 Å². The van der Waals surface area contributed by atoms with Gasteiger partial charge in [0, 0.05) is 37.0 Å². The Bertz CT molecular complexity index is 1250. The van der Waals surface area contributed by atoms with Crippen LogP contribution in [0.5, 0.6) is 0 Å². The normalized spacial score (nSPS) is 23.1. The molecule has 0 radical (unpaired) electrons. The minimum absolute atomic E-state index is 0.0209. The predicted octanol–water partition coefficient (Wildman–Crippen LogP) is 4.10. The van der Waals surface area contributed by atoms with E-state index in [0.717, 1.165) is 52.5 Å². The zero-order valence-corrected chi connectivity index (χ0v) is 20.3. The van der Waals surface area contributed by atoms with Crippen LogP contribution in [0.3, 0.4) is 0 Å². The molecule has 7 nitrogen and oxygen atoms in total. The van der Waals surface area contributed by atoms with Gasteiger partial charge in [0.05, 0.1) is 23.2 Å². The van der Waals surface area contributed by atoms with E-state index in [2.05, 4.69) is 6.92 Å². The average Bonchev–Trinajstić information content (AvgIpc) is 3.64. The molecule has 0 aliphatic carbocycles. The van der Waals surface area contributed by atoms with Crippen LogP contribution >= 0.6 is 7.92 Å². The number of nitrogens with zero attached hydrogens (tertiary/aromatic N) is 5. The highest BCUT2D eigenvalue weighted by Crippen LogP contribution is 2.91. The van der Waals surface area contributed by atoms with Crippen LogP contribution in [-0.2, 0) is 16.9 Å². The van der Waals surface area contributed by atoms with E-state index in [9.17, 15) is 4.79 Å². The lowest BCUT2D eigenvalue weighted by atomic mass is 9.94. The summed E-state index contributed by atoms with van der Waals surface area (Å²) < 4.78 is 7.73. The van der Waals surface area contributed by atoms with Gasteiger partial charge < -0.3 is 9.30 Å². The molecule has 0 amide bonds. The zero-order valence-electron chi connectivity index (χ0n) is 19.4. The summed E-state index contributed by atoms with van der Waals surface area (Å²) in [6.45, 7) is 8.78. The van der Waals surface area contributed by atoms with Gasteiger partial charge in [0.2, 0.25) is 5.56 Å². The number of aromatic nitrogens is 5.